The van der Waals surface area contributed by atoms with Crippen LogP contribution in [-0.4, -0.2) is 37.5 Å². The largest absolute Gasteiger partial charge is 0.355 e. The third kappa shape index (κ3) is 8.68. The molecule has 138 valence electrons. The lowest BCUT2D eigenvalue weighted by molar-refractivity contribution is -0.122. The average Bonchev–Trinajstić information content (AvgIpc) is 2.88. The van der Waals surface area contributed by atoms with Gasteiger partial charge in [-0.05, 0) is 18.4 Å². The molecule has 1 fully saturated rings. The molecule has 0 spiro atoms. The maximum absolute atomic E-state index is 11.8. The van der Waals surface area contributed by atoms with E-state index < -0.39 is 0 Å². The summed E-state index contributed by atoms with van der Waals surface area (Å²) < 4.78 is 0. The van der Waals surface area contributed by atoms with Crippen LogP contribution >= 0.6 is 0 Å². The zero-order valence-corrected chi connectivity index (χ0v) is 15.1. The monoisotopic (exact) mass is 345 g/mol. The summed E-state index contributed by atoms with van der Waals surface area (Å²) in [5.74, 6) is -0.0586. The summed E-state index contributed by atoms with van der Waals surface area (Å²) in [5, 5.41) is 9.24. The van der Waals surface area contributed by atoms with Crippen LogP contribution in [0.3, 0.4) is 0 Å². The van der Waals surface area contributed by atoms with Gasteiger partial charge in [-0.25, -0.2) is 0 Å². The van der Waals surface area contributed by atoms with Crippen molar-refractivity contribution >= 4 is 11.8 Å². The molecule has 0 aromatic heterocycles. The van der Waals surface area contributed by atoms with E-state index in [9.17, 15) is 9.59 Å². The molecule has 1 aromatic rings. The quantitative estimate of drug-likeness (QED) is 0.474. The molecule has 3 N–H and O–H groups in total. The first-order valence-corrected chi connectivity index (χ1v) is 9.55. The molecule has 1 saturated carbocycles. The summed E-state index contributed by atoms with van der Waals surface area (Å²) in [5.41, 5.74) is 0.981. The summed E-state index contributed by atoms with van der Waals surface area (Å²) in [7, 11) is 0. The molecule has 0 heterocycles. The average molecular weight is 345 g/mol. The Balaban J connectivity index is 1.48. The highest BCUT2D eigenvalue weighted by Gasteiger charge is 2.11. The predicted molar refractivity (Wildman–Crippen MR) is 100 cm³/mol. The van der Waals surface area contributed by atoms with E-state index in [4.69, 9.17) is 0 Å². The van der Waals surface area contributed by atoms with Crippen LogP contribution in [0.4, 0.5) is 0 Å². The van der Waals surface area contributed by atoms with Gasteiger partial charge in [-0.15, -0.1) is 0 Å². The second kappa shape index (κ2) is 11.6. The number of hydrogen-bond donors (Lipinski definition) is 3. The van der Waals surface area contributed by atoms with Crippen LogP contribution in [0, 0.1) is 0 Å². The Morgan fingerprint density at radius 2 is 1.52 bits per heavy atom. The van der Waals surface area contributed by atoms with Crippen LogP contribution in [-0.2, 0) is 16.0 Å². The van der Waals surface area contributed by atoms with Crippen LogP contribution in [0.2, 0.25) is 0 Å². The molecule has 0 bridgehead atoms. The maximum Gasteiger partial charge on any atom is 0.224 e. The molecule has 2 amide bonds. The summed E-state index contributed by atoms with van der Waals surface area (Å²) >= 11 is 0. The Kier molecular flexibility index (Phi) is 9.05. The lowest BCUT2D eigenvalue weighted by Crippen LogP contribution is -2.38. The van der Waals surface area contributed by atoms with Crippen molar-refractivity contribution in [2.45, 2.75) is 57.4 Å². The number of hydrogen-bond acceptors (Lipinski definition) is 3. The van der Waals surface area contributed by atoms with Crippen LogP contribution in [0.5, 0.6) is 0 Å². The minimum Gasteiger partial charge on any atom is -0.355 e. The van der Waals surface area contributed by atoms with Gasteiger partial charge in [0.1, 0.15) is 0 Å². The Hall–Kier alpha value is -1.88. The van der Waals surface area contributed by atoms with Crippen LogP contribution in [0.25, 0.3) is 0 Å². The fraction of sp³-hybridized carbons (Fsp3) is 0.600. The smallest absolute Gasteiger partial charge is 0.224 e. The maximum atomic E-state index is 11.8. The van der Waals surface area contributed by atoms with Crippen molar-refractivity contribution in [3.05, 3.63) is 35.9 Å². The molecule has 25 heavy (non-hydrogen) atoms. The molecular formula is C20H31N3O2. The van der Waals surface area contributed by atoms with E-state index in [2.05, 4.69) is 16.0 Å². The number of rotatable bonds is 9. The highest BCUT2D eigenvalue weighted by atomic mass is 16.2. The van der Waals surface area contributed by atoms with Gasteiger partial charge in [0.15, 0.2) is 0 Å². The number of amides is 2. The molecular weight excluding hydrogens is 314 g/mol. The molecule has 5 nitrogen and oxygen atoms in total. The molecule has 0 saturated heterocycles. The van der Waals surface area contributed by atoms with E-state index >= 15 is 0 Å². The molecule has 5 heteroatoms. The zero-order valence-electron chi connectivity index (χ0n) is 15.1. The first-order chi connectivity index (χ1) is 12.2. The van der Waals surface area contributed by atoms with Gasteiger partial charge in [0.25, 0.3) is 0 Å². The predicted octanol–water partition coefficient (Wildman–Crippen LogP) is 2.16. The van der Waals surface area contributed by atoms with E-state index in [0.717, 1.165) is 12.1 Å². The Morgan fingerprint density at radius 3 is 2.24 bits per heavy atom. The van der Waals surface area contributed by atoms with Crippen LogP contribution in [0.1, 0.15) is 50.5 Å². The van der Waals surface area contributed by atoms with Gasteiger partial charge in [-0.2, -0.15) is 0 Å². The number of carbonyl (C=O) groups is 2. The highest BCUT2D eigenvalue weighted by Crippen LogP contribution is 2.16. The molecule has 0 aliphatic heterocycles. The fourth-order valence-corrected chi connectivity index (χ4v) is 3.21. The topological polar surface area (TPSA) is 70.2 Å². The lowest BCUT2D eigenvalue weighted by Gasteiger charge is -2.16. The van der Waals surface area contributed by atoms with Gasteiger partial charge >= 0.3 is 0 Å². The SMILES string of the molecule is O=C(CCNC(=O)Cc1ccccc1)NCCNC1CCCCCC1. The lowest BCUT2D eigenvalue weighted by atomic mass is 10.1. The number of nitrogens with one attached hydrogen (secondary N) is 3. The van der Waals surface area contributed by atoms with E-state index in [-0.39, 0.29) is 11.8 Å². The zero-order chi connectivity index (χ0) is 17.7. The van der Waals surface area contributed by atoms with Crippen molar-refractivity contribution < 1.29 is 9.59 Å². The second-order valence-electron chi connectivity index (χ2n) is 6.75. The van der Waals surface area contributed by atoms with Gasteiger partial charge in [-0.3, -0.25) is 9.59 Å². The molecule has 0 unspecified atom stereocenters. The van der Waals surface area contributed by atoms with Gasteiger partial charge < -0.3 is 16.0 Å². The summed E-state index contributed by atoms with van der Waals surface area (Å²) in [4.78, 5) is 23.6. The van der Waals surface area contributed by atoms with Crippen LogP contribution in [0.15, 0.2) is 30.3 Å². The van der Waals surface area contributed by atoms with Gasteiger partial charge in [0.2, 0.25) is 11.8 Å². The van der Waals surface area contributed by atoms with Crippen molar-refractivity contribution in [1.29, 1.82) is 0 Å². The third-order valence-electron chi connectivity index (χ3n) is 4.62. The van der Waals surface area contributed by atoms with E-state index in [0.29, 0.717) is 32.0 Å². The first kappa shape index (κ1) is 19.4. The van der Waals surface area contributed by atoms with Crippen molar-refractivity contribution in [2.24, 2.45) is 0 Å². The van der Waals surface area contributed by atoms with Crippen molar-refractivity contribution in [2.75, 3.05) is 19.6 Å². The van der Waals surface area contributed by atoms with E-state index in [1.54, 1.807) is 0 Å². The molecule has 0 atom stereocenters. The normalized spacial score (nSPS) is 15.4. The minimum atomic E-state index is -0.0472. The highest BCUT2D eigenvalue weighted by molar-refractivity contribution is 5.80. The second-order valence-corrected chi connectivity index (χ2v) is 6.75. The first-order valence-electron chi connectivity index (χ1n) is 9.55. The minimum absolute atomic E-state index is 0.0114. The summed E-state index contributed by atoms with van der Waals surface area (Å²) in [6.07, 6.45) is 8.51. The number of carbonyl (C=O) groups excluding carboxylic acids is 2. The van der Waals surface area contributed by atoms with Gasteiger partial charge in [0.05, 0.1) is 6.42 Å². The Bertz CT molecular complexity index is 511. The van der Waals surface area contributed by atoms with Crippen molar-refractivity contribution in [3.8, 4) is 0 Å². The molecule has 0 radical (unpaired) electrons. The number of benzene rings is 1. The van der Waals surface area contributed by atoms with Crippen molar-refractivity contribution in [3.63, 3.8) is 0 Å². The fourth-order valence-electron chi connectivity index (χ4n) is 3.21. The summed E-state index contributed by atoms with van der Waals surface area (Å²) in [6.45, 7) is 1.84. The third-order valence-corrected chi connectivity index (χ3v) is 4.62. The van der Waals surface area contributed by atoms with Crippen LogP contribution < -0.4 is 16.0 Å². The Morgan fingerprint density at radius 1 is 0.840 bits per heavy atom. The standard InChI is InChI=1S/C20H31N3O2/c24-19(23-15-14-21-18-10-6-1-2-7-11-18)12-13-22-20(25)16-17-8-4-3-5-9-17/h3-5,8-9,18,21H,1-2,6-7,10-16H2,(H,22,25)(H,23,24). The van der Waals surface area contributed by atoms with Gasteiger partial charge in [0, 0.05) is 32.1 Å². The van der Waals surface area contributed by atoms with E-state index in [1.165, 1.54) is 38.5 Å². The Labute approximate surface area is 151 Å². The molecule has 1 aliphatic carbocycles. The van der Waals surface area contributed by atoms with E-state index in [1.807, 2.05) is 30.3 Å². The van der Waals surface area contributed by atoms with Crippen molar-refractivity contribution in [1.82, 2.24) is 16.0 Å². The summed E-state index contributed by atoms with van der Waals surface area (Å²) in [6, 6.07) is 10.2. The molecule has 1 aromatic carbocycles. The molecule has 2 rings (SSSR count). The van der Waals surface area contributed by atoms with Gasteiger partial charge in [-0.1, -0.05) is 56.0 Å². The molecule has 1 aliphatic rings.